The van der Waals surface area contributed by atoms with E-state index < -0.39 is 5.41 Å². The van der Waals surface area contributed by atoms with E-state index in [0.717, 1.165) is 16.8 Å². The van der Waals surface area contributed by atoms with Gasteiger partial charge >= 0.3 is 0 Å². The Morgan fingerprint density at radius 2 is 2.05 bits per heavy atom. The lowest BCUT2D eigenvalue weighted by Gasteiger charge is -2.33. The standard InChI is InChI=1S/C16H15N3O/c1-11-3-4-12(2)13(7-11)14-5-6-18-15(19-14)16(8-17)9-20-10-16/h3-7H,9-10H2,1-2H3. The molecule has 2 heterocycles. The summed E-state index contributed by atoms with van der Waals surface area (Å²) in [4.78, 5) is 8.86. The monoisotopic (exact) mass is 265 g/mol. The van der Waals surface area contributed by atoms with Crippen LogP contribution >= 0.6 is 0 Å². The van der Waals surface area contributed by atoms with E-state index in [1.165, 1.54) is 5.56 Å². The number of rotatable bonds is 2. The van der Waals surface area contributed by atoms with Gasteiger partial charge in [0.25, 0.3) is 0 Å². The maximum Gasteiger partial charge on any atom is 0.163 e. The second kappa shape index (κ2) is 4.69. The zero-order valence-electron chi connectivity index (χ0n) is 11.6. The summed E-state index contributed by atoms with van der Waals surface area (Å²) >= 11 is 0. The van der Waals surface area contributed by atoms with Crippen LogP contribution in [0.15, 0.2) is 30.5 Å². The molecule has 1 saturated heterocycles. The summed E-state index contributed by atoms with van der Waals surface area (Å²) in [6.07, 6.45) is 1.72. The van der Waals surface area contributed by atoms with Crippen LogP contribution in [0.4, 0.5) is 0 Å². The molecule has 100 valence electrons. The molecule has 0 N–H and O–H groups in total. The third-order valence-electron chi connectivity index (χ3n) is 3.66. The number of aromatic nitrogens is 2. The van der Waals surface area contributed by atoms with Crippen molar-refractivity contribution in [3.63, 3.8) is 0 Å². The van der Waals surface area contributed by atoms with Crippen LogP contribution in [0.25, 0.3) is 11.3 Å². The minimum atomic E-state index is -0.673. The molecule has 1 fully saturated rings. The van der Waals surface area contributed by atoms with Crippen molar-refractivity contribution in [3.05, 3.63) is 47.4 Å². The number of hydrogen-bond donors (Lipinski definition) is 0. The molecule has 0 radical (unpaired) electrons. The van der Waals surface area contributed by atoms with Crippen molar-refractivity contribution in [1.82, 2.24) is 9.97 Å². The molecular formula is C16H15N3O. The zero-order valence-corrected chi connectivity index (χ0v) is 11.6. The molecule has 1 aliphatic rings. The van der Waals surface area contributed by atoms with Crippen LogP contribution < -0.4 is 0 Å². The maximum absolute atomic E-state index is 9.34. The van der Waals surface area contributed by atoms with E-state index in [2.05, 4.69) is 48.1 Å². The molecule has 4 nitrogen and oxygen atoms in total. The third-order valence-corrected chi connectivity index (χ3v) is 3.66. The molecule has 0 bridgehead atoms. The van der Waals surface area contributed by atoms with Crippen LogP contribution in [-0.4, -0.2) is 23.2 Å². The molecule has 20 heavy (non-hydrogen) atoms. The minimum Gasteiger partial charge on any atom is -0.377 e. The molecule has 3 rings (SSSR count). The molecule has 0 aliphatic carbocycles. The first-order chi connectivity index (χ1) is 9.64. The van der Waals surface area contributed by atoms with Crippen molar-refractivity contribution < 1.29 is 4.74 Å². The quantitative estimate of drug-likeness (QED) is 0.837. The molecule has 0 atom stereocenters. The van der Waals surface area contributed by atoms with Crippen LogP contribution in [0.1, 0.15) is 17.0 Å². The second-order valence-corrected chi connectivity index (χ2v) is 5.27. The molecule has 4 heteroatoms. The largest absolute Gasteiger partial charge is 0.377 e. The first kappa shape index (κ1) is 12.8. The number of hydrogen-bond acceptors (Lipinski definition) is 4. The lowest BCUT2D eigenvalue weighted by molar-refractivity contribution is -0.0338. The van der Waals surface area contributed by atoms with E-state index in [1.54, 1.807) is 6.20 Å². The van der Waals surface area contributed by atoms with Crippen LogP contribution in [0, 0.1) is 25.2 Å². The Labute approximate surface area is 118 Å². The highest BCUT2D eigenvalue weighted by Gasteiger charge is 2.43. The normalized spacial score (nSPS) is 16.2. The number of nitriles is 1. The first-order valence-corrected chi connectivity index (χ1v) is 6.55. The molecule has 0 amide bonds. The predicted molar refractivity (Wildman–Crippen MR) is 75.1 cm³/mol. The summed E-state index contributed by atoms with van der Waals surface area (Å²) in [6, 6.07) is 10.4. The molecular weight excluding hydrogens is 250 g/mol. The highest BCUT2D eigenvalue weighted by molar-refractivity contribution is 5.64. The lowest BCUT2D eigenvalue weighted by atomic mass is 9.86. The average Bonchev–Trinajstić information content (AvgIpc) is 2.41. The van der Waals surface area contributed by atoms with Gasteiger partial charge in [-0.25, -0.2) is 9.97 Å². The van der Waals surface area contributed by atoms with Gasteiger partial charge in [-0.2, -0.15) is 5.26 Å². The fraction of sp³-hybridized carbons (Fsp3) is 0.312. The SMILES string of the molecule is Cc1ccc(C)c(-c2ccnc(C3(C#N)COC3)n2)c1. The maximum atomic E-state index is 9.34. The van der Waals surface area contributed by atoms with Crippen molar-refractivity contribution in [2.45, 2.75) is 19.3 Å². The number of ether oxygens (including phenoxy) is 1. The van der Waals surface area contributed by atoms with E-state index in [1.807, 2.05) is 6.07 Å². The summed E-state index contributed by atoms with van der Waals surface area (Å²) in [7, 11) is 0. The molecule has 2 aromatic rings. The Morgan fingerprint density at radius 1 is 1.25 bits per heavy atom. The van der Waals surface area contributed by atoms with Gasteiger partial charge in [0, 0.05) is 11.8 Å². The molecule has 0 spiro atoms. The van der Waals surface area contributed by atoms with Crippen molar-refractivity contribution in [2.75, 3.05) is 13.2 Å². The van der Waals surface area contributed by atoms with Crippen molar-refractivity contribution in [2.24, 2.45) is 0 Å². The predicted octanol–water partition coefficient (Wildman–Crippen LogP) is 2.55. The van der Waals surface area contributed by atoms with E-state index in [-0.39, 0.29) is 0 Å². The van der Waals surface area contributed by atoms with Gasteiger partial charge in [-0.3, -0.25) is 0 Å². The van der Waals surface area contributed by atoms with Gasteiger partial charge < -0.3 is 4.74 Å². The van der Waals surface area contributed by atoms with Gasteiger partial charge in [-0.1, -0.05) is 17.7 Å². The summed E-state index contributed by atoms with van der Waals surface area (Å²) in [6.45, 7) is 4.87. The Morgan fingerprint density at radius 3 is 2.70 bits per heavy atom. The Kier molecular flexibility index (Phi) is 3.00. The van der Waals surface area contributed by atoms with E-state index in [9.17, 15) is 5.26 Å². The van der Waals surface area contributed by atoms with E-state index in [0.29, 0.717) is 19.0 Å². The molecule has 0 unspecified atom stereocenters. The average molecular weight is 265 g/mol. The van der Waals surface area contributed by atoms with Crippen LogP contribution in [0.5, 0.6) is 0 Å². The Hall–Kier alpha value is -2.25. The third kappa shape index (κ3) is 1.97. The number of nitrogens with zero attached hydrogens (tertiary/aromatic N) is 3. The molecule has 1 aromatic heterocycles. The van der Waals surface area contributed by atoms with Crippen LogP contribution in [0.2, 0.25) is 0 Å². The lowest BCUT2D eigenvalue weighted by Crippen LogP contribution is -2.46. The fourth-order valence-corrected chi connectivity index (χ4v) is 2.30. The Bertz CT molecular complexity index is 699. The first-order valence-electron chi connectivity index (χ1n) is 6.55. The number of aryl methyl sites for hydroxylation is 2. The highest BCUT2D eigenvalue weighted by atomic mass is 16.5. The van der Waals surface area contributed by atoms with Gasteiger partial charge in [0.05, 0.1) is 25.0 Å². The highest BCUT2D eigenvalue weighted by Crippen LogP contribution is 2.31. The summed E-state index contributed by atoms with van der Waals surface area (Å²) < 4.78 is 5.17. The van der Waals surface area contributed by atoms with Gasteiger partial charge in [0.2, 0.25) is 0 Å². The van der Waals surface area contributed by atoms with Gasteiger partial charge in [-0.15, -0.1) is 0 Å². The summed E-state index contributed by atoms with van der Waals surface area (Å²) in [5.74, 6) is 0.560. The molecule has 1 aromatic carbocycles. The van der Waals surface area contributed by atoms with Gasteiger partial charge in [0.1, 0.15) is 0 Å². The van der Waals surface area contributed by atoms with Crippen molar-refractivity contribution in [1.29, 1.82) is 5.26 Å². The van der Waals surface area contributed by atoms with E-state index >= 15 is 0 Å². The van der Waals surface area contributed by atoms with Crippen LogP contribution in [-0.2, 0) is 10.2 Å². The van der Waals surface area contributed by atoms with Crippen LogP contribution in [0.3, 0.4) is 0 Å². The zero-order chi connectivity index (χ0) is 14.2. The summed E-state index contributed by atoms with van der Waals surface area (Å²) in [5.41, 5.74) is 3.62. The fourth-order valence-electron chi connectivity index (χ4n) is 2.30. The van der Waals surface area contributed by atoms with Crippen molar-refractivity contribution >= 4 is 0 Å². The number of benzene rings is 1. The Balaban J connectivity index is 2.08. The van der Waals surface area contributed by atoms with E-state index in [4.69, 9.17) is 4.74 Å². The molecule has 0 saturated carbocycles. The molecule has 1 aliphatic heterocycles. The van der Waals surface area contributed by atoms with Gasteiger partial charge in [0.15, 0.2) is 11.2 Å². The second-order valence-electron chi connectivity index (χ2n) is 5.27. The topological polar surface area (TPSA) is 58.8 Å². The van der Waals surface area contributed by atoms with Gasteiger partial charge in [-0.05, 0) is 31.5 Å². The van der Waals surface area contributed by atoms with Crippen molar-refractivity contribution in [3.8, 4) is 17.3 Å². The minimum absolute atomic E-state index is 0.375. The summed E-state index contributed by atoms with van der Waals surface area (Å²) in [5, 5.41) is 9.34. The smallest absolute Gasteiger partial charge is 0.163 e.